The number of likely N-dealkylation sites (N-methyl/N-ethyl adjacent to an activating group) is 1. The molecule has 2 heteroatoms. The van der Waals surface area contributed by atoms with Crippen LogP contribution in [-0.4, -0.2) is 48.6 Å². The van der Waals surface area contributed by atoms with Gasteiger partial charge in [0.25, 0.3) is 0 Å². The first-order chi connectivity index (χ1) is 6.15. The van der Waals surface area contributed by atoms with Crippen LogP contribution in [0.1, 0.15) is 20.3 Å². The minimum atomic E-state index is 0.648. The summed E-state index contributed by atoms with van der Waals surface area (Å²) in [7, 11) is 2.19. The number of rotatable bonds is 2. The van der Waals surface area contributed by atoms with Crippen molar-refractivity contribution in [2.24, 2.45) is 0 Å². The first-order valence-electron chi connectivity index (χ1n) is 5.03. The molecule has 13 heavy (non-hydrogen) atoms. The lowest BCUT2D eigenvalue weighted by Gasteiger charge is -2.42. The van der Waals surface area contributed by atoms with E-state index < -0.39 is 0 Å². The van der Waals surface area contributed by atoms with Crippen LogP contribution < -0.4 is 0 Å². The zero-order chi connectivity index (χ0) is 9.84. The third kappa shape index (κ3) is 2.72. The fourth-order valence-corrected chi connectivity index (χ4v) is 1.89. The highest BCUT2D eigenvalue weighted by Gasteiger charge is 2.25. The van der Waals surface area contributed by atoms with Crippen molar-refractivity contribution < 1.29 is 0 Å². The molecule has 2 atom stereocenters. The third-order valence-electron chi connectivity index (χ3n) is 2.97. The summed E-state index contributed by atoms with van der Waals surface area (Å²) < 4.78 is 0. The Morgan fingerprint density at radius 1 is 1.31 bits per heavy atom. The Kier molecular flexibility index (Phi) is 3.77. The van der Waals surface area contributed by atoms with Crippen molar-refractivity contribution in [3.05, 3.63) is 0 Å². The lowest BCUT2D eigenvalue weighted by molar-refractivity contribution is 0.0619. The minimum absolute atomic E-state index is 0.648. The van der Waals surface area contributed by atoms with Crippen LogP contribution >= 0.6 is 0 Å². The van der Waals surface area contributed by atoms with E-state index in [0.717, 1.165) is 26.1 Å². The Morgan fingerprint density at radius 3 is 2.62 bits per heavy atom. The monoisotopic (exact) mass is 180 g/mol. The van der Waals surface area contributed by atoms with Crippen LogP contribution in [0.4, 0.5) is 0 Å². The Morgan fingerprint density at radius 2 is 2.00 bits per heavy atom. The van der Waals surface area contributed by atoms with Crippen LogP contribution in [0.5, 0.6) is 0 Å². The first kappa shape index (κ1) is 10.6. The molecule has 2 unspecified atom stereocenters. The molecule has 0 aliphatic carbocycles. The van der Waals surface area contributed by atoms with Crippen LogP contribution in [0.3, 0.4) is 0 Å². The largest absolute Gasteiger partial charge is 0.301 e. The number of hydrogen-bond acceptors (Lipinski definition) is 2. The molecule has 1 rings (SSSR count). The molecular weight excluding hydrogens is 160 g/mol. The van der Waals surface area contributed by atoms with Gasteiger partial charge in [-0.25, -0.2) is 0 Å². The van der Waals surface area contributed by atoms with Crippen molar-refractivity contribution in [3.63, 3.8) is 0 Å². The van der Waals surface area contributed by atoms with E-state index in [9.17, 15) is 0 Å². The predicted octanol–water partition coefficient (Wildman–Crippen LogP) is 1.03. The quantitative estimate of drug-likeness (QED) is 0.586. The summed E-state index contributed by atoms with van der Waals surface area (Å²) in [6, 6.07) is 1.31. The van der Waals surface area contributed by atoms with Crippen LogP contribution in [0.2, 0.25) is 0 Å². The van der Waals surface area contributed by atoms with Crippen LogP contribution in [0.25, 0.3) is 0 Å². The van der Waals surface area contributed by atoms with Crippen molar-refractivity contribution in [1.82, 2.24) is 9.80 Å². The van der Waals surface area contributed by atoms with E-state index in [1.807, 2.05) is 0 Å². The van der Waals surface area contributed by atoms with Gasteiger partial charge in [0.2, 0.25) is 0 Å². The van der Waals surface area contributed by atoms with Crippen LogP contribution in [0, 0.1) is 12.3 Å². The first-order valence-corrected chi connectivity index (χ1v) is 5.03. The van der Waals surface area contributed by atoms with Crippen molar-refractivity contribution in [1.29, 1.82) is 0 Å². The van der Waals surface area contributed by atoms with Gasteiger partial charge in [-0.15, -0.1) is 12.3 Å². The fourth-order valence-electron chi connectivity index (χ4n) is 1.89. The van der Waals surface area contributed by atoms with Crippen molar-refractivity contribution in [3.8, 4) is 12.3 Å². The summed E-state index contributed by atoms with van der Waals surface area (Å²) in [5.41, 5.74) is 0. The van der Waals surface area contributed by atoms with E-state index in [2.05, 4.69) is 36.6 Å². The predicted molar refractivity (Wildman–Crippen MR) is 56.6 cm³/mol. The van der Waals surface area contributed by atoms with E-state index in [1.165, 1.54) is 0 Å². The lowest BCUT2D eigenvalue weighted by Crippen LogP contribution is -2.54. The maximum Gasteiger partial charge on any atom is 0.0214 e. The average molecular weight is 180 g/mol. The molecule has 0 aromatic rings. The van der Waals surface area contributed by atoms with Crippen LogP contribution in [0.15, 0.2) is 0 Å². The van der Waals surface area contributed by atoms with Gasteiger partial charge in [0.1, 0.15) is 0 Å². The van der Waals surface area contributed by atoms with Gasteiger partial charge in [0.15, 0.2) is 0 Å². The highest BCUT2D eigenvalue weighted by molar-refractivity contribution is 4.88. The van der Waals surface area contributed by atoms with E-state index in [0.29, 0.717) is 12.1 Å². The molecule has 0 aromatic heterocycles. The van der Waals surface area contributed by atoms with Gasteiger partial charge in [0, 0.05) is 38.1 Å². The molecule has 1 aliphatic rings. The summed E-state index contributed by atoms with van der Waals surface area (Å²) in [5.74, 6) is 2.71. The Labute approximate surface area is 81.9 Å². The van der Waals surface area contributed by atoms with Gasteiger partial charge >= 0.3 is 0 Å². The molecule has 1 fully saturated rings. The Bertz CT molecular complexity index is 195. The molecule has 1 heterocycles. The van der Waals surface area contributed by atoms with Gasteiger partial charge in [-0.2, -0.15) is 0 Å². The van der Waals surface area contributed by atoms with E-state index in [4.69, 9.17) is 6.42 Å². The number of hydrogen-bond donors (Lipinski definition) is 0. The maximum absolute atomic E-state index is 5.27. The third-order valence-corrected chi connectivity index (χ3v) is 2.97. The second-order valence-electron chi connectivity index (χ2n) is 4.09. The number of nitrogens with zero attached hydrogens (tertiary/aromatic N) is 2. The lowest BCUT2D eigenvalue weighted by atomic mass is 10.1. The van der Waals surface area contributed by atoms with Gasteiger partial charge in [-0.3, -0.25) is 4.90 Å². The smallest absolute Gasteiger partial charge is 0.0214 e. The number of terminal acetylenes is 1. The van der Waals surface area contributed by atoms with Crippen LogP contribution in [-0.2, 0) is 0 Å². The molecule has 0 spiro atoms. The second-order valence-corrected chi connectivity index (χ2v) is 4.09. The van der Waals surface area contributed by atoms with Gasteiger partial charge in [-0.1, -0.05) is 0 Å². The Balaban J connectivity index is 2.42. The topological polar surface area (TPSA) is 6.48 Å². The van der Waals surface area contributed by atoms with E-state index in [-0.39, 0.29) is 0 Å². The minimum Gasteiger partial charge on any atom is -0.301 e. The molecule has 0 saturated carbocycles. The molecule has 0 aromatic carbocycles. The molecule has 0 N–H and O–H groups in total. The molecule has 0 amide bonds. The summed E-state index contributed by atoms with van der Waals surface area (Å²) in [6.07, 6.45) is 6.14. The van der Waals surface area contributed by atoms with E-state index >= 15 is 0 Å². The fraction of sp³-hybridized carbons (Fsp3) is 0.818. The summed E-state index contributed by atoms with van der Waals surface area (Å²) in [4.78, 5) is 4.90. The van der Waals surface area contributed by atoms with Gasteiger partial charge < -0.3 is 4.90 Å². The highest BCUT2D eigenvalue weighted by atomic mass is 15.3. The molecule has 74 valence electrons. The average Bonchev–Trinajstić information content (AvgIpc) is 2.09. The molecular formula is C11H20N2. The second kappa shape index (κ2) is 4.64. The zero-order valence-corrected chi connectivity index (χ0v) is 8.95. The Hall–Kier alpha value is -0.520. The maximum atomic E-state index is 5.27. The van der Waals surface area contributed by atoms with Crippen molar-refractivity contribution in [2.75, 3.05) is 26.7 Å². The molecule has 1 aliphatic heterocycles. The number of piperazine rings is 1. The van der Waals surface area contributed by atoms with Crippen molar-refractivity contribution >= 4 is 0 Å². The van der Waals surface area contributed by atoms with Crippen molar-refractivity contribution in [2.45, 2.75) is 32.4 Å². The summed E-state index contributed by atoms with van der Waals surface area (Å²) >= 11 is 0. The zero-order valence-electron chi connectivity index (χ0n) is 8.95. The van der Waals surface area contributed by atoms with Gasteiger partial charge in [-0.05, 0) is 20.9 Å². The summed E-state index contributed by atoms with van der Waals surface area (Å²) in [5, 5.41) is 0. The molecule has 2 nitrogen and oxygen atoms in total. The van der Waals surface area contributed by atoms with Gasteiger partial charge in [0.05, 0.1) is 0 Å². The van der Waals surface area contributed by atoms with E-state index in [1.54, 1.807) is 0 Å². The molecule has 1 saturated heterocycles. The normalized spacial score (nSPS) is 31.5. The SMILES string of the molecule is C#CCCN1CC(C)N(C)CC1C. The highest BCUT2D eigenvalue weighted by Crippen LogP contribution is 2.12. The summed E-state index contributed by atoms with van der Waals surface area (Å²) in [6.45, 7) is 7.91. The molecule has 0 bridgehead atoms. The standard InChI is InChI=1S/C11H20N2/c1-5-6-7-13-9-10(2)12(4)8-11(13)3/h1,10-11H,6-9H2,2-4H3. The molecule has 0 radical (unpaired) electrons.